The summed E-state index contributed by atoms with van der Waals surface area (Å²) in [5, 5.41) is -0.208. The van der Waals surface area contributed by atoms with Crippen molar-refractivity contribution in [1.82, 2.24) is 4.72 Å². The Bertz CT molecular complexity index is 497. The molecular formula is C9H6ClF3NO2S-. The third-order valence-corrected chi connectivity index (χ3v) is 3.27. The lowest BCUT2D eigenvalue weighted by molar-refractivity contribution is -0.0189. The number of fused-ring (bicyclic) bond motifs is 1. The summed E-state index contributed by atoms with van der Waals surface area (Å²) in [5.74, 6) is -4.05. The summed E-state index contributed by atoms with van der Waals surface area (Å²) in [4.78, 5) is 0. The molecule has 0 aliphatic heterocycles. The molecule has 1 N–H and O–H groups in total. The number of alkyl halides is 2. The summed E-state index contributed by atoms with van der Waals surface area (Å²) in [6.07, 6.45) is -0.741. The lowest BCUT2D eigenvalue weighted by atomic mass is 10.1. The summed E-state index contributed by atoms with van der Waals surface area (Å²) in [6, 6.07) is 0.0678. The first-order valence-corrected chi connectivity index (χ1v) is 5.97. The Morgan fingerprint density at radius 2 is 2.18 bits per heavy atom. The summed E-state index contributed by atoms with van der Waals surface area (Å²) in [5.41, 5.74) is -0.0507. The first kappa shape index (κ1) is 12.8. The highest BCUT2D eigenvalue weighted by atomic mass is 35.5. The van der Waals surface area contributed by atoms with Gasteiger partial charge in [-0.3, -0.25) is 4.21 Å². The van der Waals surface area contributed by atoms with Crippen LogP contribution < -0.4 is 4.72 Å². The van der Waals surface area contributed by atoms with E-state index in [0.29, 0.717) is 0 Å². The molecule has 94 valence electrons. The molecule has 1 aliphatic carbocycles. The second kappa shape index (κ2) is 4.24. The van der Waals surface area contributed by atoms with Crippen molar-refractivity contribution in [3.8, 4) is 0 Å². The molecule has 1 aromatic rings. The van der Waals surface area contributed by atoms with E-state index in [1.807, 2.05) is 0 Å². The van der Waals surface area contributed by atoms with Crippen molar-refractivity contribution in [3.05, 3.63) is 34.1 Å². The fraction of sp³-hybridized carbons (Fsp3) is 0.333. The molecular weight excluding hydrogens is 279 g/mol. The van der Waals surface area contributed by atoms with E-state index in [-0.39, 0.29) is 16.1 Å². The van der Waals surface area contributed by atoms with Gasteiger partial charge in [-0.15, -0.1) is 0 Å². The molecule has 0 radical (unpaired) electrons. The van der Waals surface area contributed by atoms with Crippen LogP contribution in [-0.4, -0.2) is 14.7 Å². The molecule has 0 bridgehead atoms. The number of hydrogen-bond donors (Lipinski definition) is 1. The number of halogens is 4. The van der Waals surface area contributed by atoms with Gasteiger partial charge in [0.15, 0.2) is 0 Å². The maximum Gasteiger partial charge on any atom is 0.272 e. The van der Waals surface area contributed by atoms with Crippen LogP contribution in [-0.2, 0) is 17.7 Å². The van der Waals surface area contributed by atoms with Crippen LogP contribution in [0.4, 0.5) is 13.2 Å². The largest absolute Gasteiger partial charge is 0.760 e. The molecule has 1 aromatic carbocycles. The zero-order chi connectivity index (χ0) is 12.8. The normalized spacial score (nSPS) is 23.5. The van der Waals surface area contributed by atoms with Crippen molar-refractivity contribution >= 4 is 22.9 Å². The SMILES string of the molecule is O=S([O-])NC1c2c(Cl)cc(F)cc2CC1(F)F. The molecule has 0 aromatic heterocycles. The maximum atomic E-state index is 13.6. The average molecular weight is 285 g/mol. The van der Waals surface area contributed by atoms with Gasteiger partial charge in [0.1, 0.15) is 11.9 Å². The van der Waals surface area contributed by atoms with Crippen LogP contribution in [0.25, 0.3) is 0 Å². The summed E-state index contributed by atoms with van der Waals surface area (Å²) in [7, 11) is 0. The third kappa shape index (κ3) is 2.33. The predicted octanol–water partition coefficient (Wildman–Crippen LogP) is 2.10. The molecule has 0 amide bonds. The van der Waals surface area contributed by atoms with E-state index >= 15 is 0 Å². The second-order valence-electron chi connectivity index (χ2n) is 3.68. The van der Waals surface area contributed by atoms with Crippen molar-refractivity contribution in [2.45, 2.75) is 18.4 Å². The summed E-state index contributed by atoms with van der Waals surface area (Å²) < 4.78 is 62.8. The fourth-order valence-electron chi connectivity index (χ4n) is 1.92. The highest BCUT2D eigenvalue weighted by Gasteiger charge is 2.49. The molecule has 17 heavy (non-hydrogen) atoms. The van der Waals surface area contributed by atoms with Crippen LogP contribution >= 0.6 is 11.6 Å². The third-order valence-electron chi connectivity index (χ3n) is 2.53. The highest BCUT2D eigenvalue weighted by molar-refractivity contribution is 7.77. The van der Waals surface area contributed by atoms with Gasteiger partial charge in [-0.05, 0) is 23.3 Å². The van der Waals surface area contributed by atoms with Gasteiger partial charge in [-0.1, -0.05) is 11.6 Å². The Kier molecular flexibility index (Phi) is 3.19. The minimum Gasteiger partial charge on any atom is -0.760 e. The van der Waals surface area contributed by atoms with E-state index in [1.165, 1.54) is 0 Å². The number of rotatable bonds is 2. The van der Waals surface area contributed by atoms with Gasteiger partial charge >= 0.3 is 0 Å². The molecule has 2 atom stereocenters. The van der Waals surface area contributed by atoms with Gasteiger partial charge < -0.3 is 4.55 Å². The van der Waals surface area contributed by atoms with Crippen LogP contribution in [0.1, 0.15) is 17.2 Å². The molecule has 0 saturated heterocycles. The van der Waals surface area contributed by atoms with Crippen LogP contribution in [0.15, 0.2) is 12.1 Å². The first-order chi connectivity index (χ1) is 7.81. The molecule has 2 unspecified atom stereocenters. The smallest absolute Gasteiger partial charge is 0.272 e. The molecule has 0 spiro atoms. The second-order valence-corrected chi connectivity index (χ2v) is 4.80. The van der Waals surface area contributed by atoms with Crippen LogP contribution in [0, 0.1) is 5.82 Å². The van der Waals surface area contributed by atoms with Crippen molar-refractivity contribution in [2.75, 3.05) is 0 Å². The number of nitrogens with one attached hydrogen (secondary N) is 1. The minimum atomic E-state index is -3.32. The molecule has 0 fully saturated rings. The average Bonchev–Trinajstić information content (AvgIpc) is 2.36. The van der Waals surface area contributed by atoms with Gasteiger partial charge in [0.2, 0.25) is 0 Å². The van der Waals surface area contributed by atoms with Crippen LogP contribution in [0.5, 0.6) is 0 Å². The van der Waals surface area contributed by atoms with Crippen LogP contribution in [0.2, 0.25) is 5.02 Å². The molecule has 2 rings (SSSR count). The zero-order valence-corrected chi connectivity index (χ0v) is 9.75. The Labute approximate surface area is 102 Å². The van der Waals surface area contributed by atoms with Gasteiger partial charge in [0, 0.05) is 22.7 Å². The monoisotopic (exact) mass is 284 g/mol. The van der Waals surface area contributed by atoms with E-state index in [2.05, 4.69) is 0 Å². The molecule has 0 saturated carbocycles. The van der Waals surface area contributed by atoms with Gasteiger partial charge in [0.05, 0.1) is 0 Å². The molecule has 1 aliphatic rings. The van der Waals surface area contributed by atoms with E-state index in [4.69, 9.17) is 11.6 Å². The summed E-state index contributed by atoms with van der Waals surface area (Å²) in [6.45, 7) is 0. The Morgan fingerprint density at radius 3 is 2.76 bits per heavy atom. The standard InChI is InChI=1S/C9H7ClF3NO2S/c10-6-2-5(11)1-4-3-9(12,13)8(7(4)6)14-17(15)16/h1-2,8,14H,3H2,(H,15,16)/p-1. The lowest BCUT2D eigenvalue weighted by Crippen LogP contribution is -2.35. The highest BCUT2D eigenvalue weighted by Crippen LogP contribution is 2.46. The van der Waals surface area contributed by atoms with Crippen molar-refractivity contribution in [1.29, 1.82) is 0 Å². The van der Waals surface area contributed by atoms with Gasteiger partial charge in [0.25, 0.3) is 5.92 Å². The topological polar surface area (TPSA) is 52.2 Å². The summed E-state index contributed by atoms with van der Waals surface area (Å²) >= 11 is 2.81. The molecule has 8 heteroatoms. The lowest BCUT2D eigenvalue weighted by Gasteiger charge is -2.22. The van der Waals surface area contributed by atoms with Crippen molar-refractivity contribution < 1.29 is 21.9 Å². The Hall–Kier alpha value is -0.630. The van der Waals surface area contributed by atoms with E-state index in [9.17, 15) is 21.9 Å². The van der Waals surface area contributed by atoms with Crippen LogP contribution in [0.3, 0.4) is 0 Å². The minimum absolute atomic E-state index is 0.0166. The Morgan fingerprint density at radius 1 is 1.53 bits per heavy atom. The van der Waals surface area contributed by atoms with E-state index in [1.54, 1.807) is 4.72 Å². The zero-order valence-electron chi connectivity index (χ0n) is 8.18. The predicted molar refractivity (Wildman–Crippen MR) is 54.9 cm³/mol. The fourth-order valence-corrected chi connectivity index (χ4v) is 2.73. The van der Waals surface area contributed by atoms with Gasteiger partial charge in [-0.2, -0.15) is 0 Å². The number of benzene rings is 1. The first-order valence-electron chi connectivity index (χ1n) is 4.52. The molecule has 0 heterocycles. The van der Waals surface area contributed by atoms with Crippen molar-refractivity contribution in [2.24, 2.45) is 0 Å². The van der Waals surface area contributed by atoms with Crippen molar-refractivity contribution in [3.63, 3.8) is 0 Å². The number of hydrogen-bond acceptors (Lipinski definition) is 2. The molecule has 3 nitrogen and oxygen atoms in total. The quantitative estimate of drug-likeness (QED) is 0.846. The van der Waals surface area contributed by atoms with E-state index < -0.39 is 35.5 Å². The van der Waals surface area contributed by atoms with Gasteiger partial charge in [-0.25, -0.2) is 17.9 Å². The maximum absolute atomic E-state index is 13.6. The van der Waals surface area contributed by atoms with E-state index in [0.717, 1.165) is 12.1 Å². The Balaban J connectivity index is 2.51.